The number of esters is 1. The molecule has 4 nitrogen and oxygen atoms in total. The van der Waals surface area contributed by atoms with Crippen molar-refractivity contribution in [2.24, 2.45) is 0 Å². The standard InChI is InChI=1S/C15H20FNO3/c1-9(2)20-15(19)11(4)17(5)14(18)12-7-6-10(3)13(16)8-12/h6-9,11H,1-5H3/t11-/m0/s1. The van der Waals surface area contributed by atoms with E-state index < -0.39 is 23.7 Å². The molecule has 0 saturated heterocycles. The maximum atomic E-state index is 13.5. The highest BCUT2D eigenvalue weighted by Gasteiger charge is 2.25. The van der Waals surface area contributed by atoms with Crippen LogP contribution in [-0.2, 0) is 9.53 Å². The molecule has 0 fully saturated rings. The van der Waals surface area contributed by atoms with E-state index in [4.69, 9.17) is 4.74 Å². The Hall–Kier alpha value is -1.91. The smallest absolute Gasteiger partial charge is 0.328 e. The second-order valence-corrected chi connectivity index (χ2v) is 5.04. The van der Waals surface area contributed by atoms with E-state index in [0.717, 1.165) is 0 Å². The van der Waals surface area contributed by atoms with Crippen LogP contribution in [0.3, 0.4) is 0 Å². The number of halogens is 1. The summed E-state index contributed by atoms with van der Waals surface area (Å²) in [7, 11) is 1.49. The molecule has 0 aliphatic carbocycles. The minimum absolute atomic E-state index is 0.208. The maximum absolute atomic E-state index is 13.5. The molecule has 0 saturated carbocycles. The van der Waals surface area contributed by atoms with E-state index in [1.54, 1.807) is 27.7 Å². The summed E-state index contributed by atoms with van der Waals surface area (Å²) in [4.78, 5) is 25.2. The molecule has 1 atom stereocenters. The van der Waals surface area contributed by atoms with Crippen LogP contribution in [0, 0.1) is 12.7 Å². The lowest BCUT2D eigenvalue weighted by Gasteiger charge is -2.24. The lowest BCUT2D eigenvalue weighted by Crippen LogP contribution is -2.42. The van der Waals surface area contributed by atoms with Gasteiger partial charge in [0, 0.05) is 12.6 Å². The third kappa shape index (κ3) is 3.79. The second kappa shape index (κ2) is 6.50. The van der Waals surface area contributed by atoms with Crippen LogP contribution in [0.25, 0.3) is 0 Å². The zero-order valence-electron chi connectivity index (χ0n) is 12.4. The van der Waals surface area contributed by atoms with Gasteiger partial charge in [0.05, 0.1) is 6.10 Å². The van der Waals surface area contributed by atoms with Crippen LogP contribution in [0.5, 0.6) is 0 Å². The minimum atomic E-state index is -0.728. The summed E-state index contributed by atoms with van der Waals surface area (Å²) in [6, 6.07) is 3.52. The van der Waals surface area contributed by atoms with Gasteiger partial charge in [-0.05, 0) is 45.4 Å². The molecule has 0 heterocycles. The summed E-state index contributed by atoms with van der Waals surface area (Å²) in [5, 5.41) is 0. The lowest BCUT2D eigenvalue weighted by atomic mass is 10.1. The SMILES string of the molecule is Cc1ccc(C(=O)N(C)[C@@H](C)C(=O)OC(C)C)cc1F. The molecule has 0 spiro atoms. The summed E-state index contributed by atoms with van der Waals surface area (Å²) >= 11 is 0. The molecule has 0 unspecified atom stereocenters. The monoisotopic (exact) mass is 281 g/mol. The number of rotatable bonds is 4. The van der Waals surface area contributed by atoms with Crippen LogP contribution in [0.1, 0.15) is 36.7 Å². The normalized spacial score (nSPS) is 12.2. The highest BCUT2D eigenvalue weighted by Crippen LogP contribution is 2.13. The first-order valence-electron chi connectivity index (χ1n) is 6.47. The molecule has 1 rings (SSSR count). The van der Waals surface area contributed by atoms with Gasteiger partial charge in [-0.1, -0.05) is 6.07 Å². The highest BCUT2D eigenvalue weighted by molar-refractivity contribution is 5.96. The number of hydrogen-bond acceptors (Lipinski definition) is 3. The van der Waals surface area contributed by atoms with Gasteiger partial charge < -0.3 is 9.64 Å². The zero-order valence-corrected chi connectivity index (χ0v) is 12.4. The first-order chi connectivity index (χ1) is 9.23. The third-order valence-electron chi connectivity index (χ3n) is 3.01. The van der Waals surface area contributed by atoms with Crippen molar-refractivity contribution >= 4 is 11.9 Å². The molecule has 0 aliphatic heterocycles. The summed E-state index contributed by atoms with van der Waals surface area (Å²) in [6.45, 7) is 6.67. The fourth-order valence-corrected chi connectivity index (χ4v) is 1.59. The Bertz CT molecular complexity index is 514. The van der Waals surface area contributed by atoms with Gasteiger partial charge in [0.15, 0.2) is 0 Å². The van der Waals surface area contributed by atoms with Gasteiger partial charge in [0.25, 0.3) is 5.91 Å². The molecular weight excluding hydrogens is 261 g/mol. The number of aryl methyl sites for hydroxylation is 1. The Morgan fingerprint density at radius 3 is 2.35 bits per heavy atom. The van der Waals surface area contributed by atoms with Crippen LogP contribution in [-0.4, -0.2) is 36.0 Å². The van der Waals surface area contributed by atoms with Crippen molar-refractivity contribution in [1.29, 1.82) is 0 Å². The number of ether oxygens (including phenoxy) is 1. The van der Waals surface area contributed by atoms with E-state index >= 15 is 0 Å². The molecule has 0 radical (unpaired) electrons. The van der Waals surface area contributed by atoms with E-state index in [1.165, 1.54) is 30.1 Å². The quantitative estimate of drug-likeness (QED) is 0.797. The maximum Gasteiger partial charge on any atom is 0.328 e. The van der Waals surface area contributed by atoms with E-state index in [9.17, 15) is 14.0 Å². The molecule has 20 heavy (non-hydrogen) atoms. The van der Waals surface area contributed by atoms with Gasteiger partial charge >= 0.3 is 5.97 Å². The fraction of sp³-hybridized carbons (Fsp3) is 0.467. The second-order valence-electron chi connectivity index (χ2n) is 5.04. The van der Waals surface area contributed by atoms with Crippen LogP contribution < -0.4 is 0 Å². The predicted molar refractivity (Wildman–Crippen MR) is 73.9 cm³/mol. The van der Waals surface area contributed by atoms with E-state index in [-0.39, 0.29) is 11.7 Å². The van der Waals surface area contributed by atoms with Crippen molar-refractivity contribution in [1.82, 2.24) is 4.90 Å². The van der Waals surface area contributed by atoms with Crippen molar-refractivity contribution in [3.63, 3.8) is 0 Å². The molecule has 1 aromatic carbocycles. The van der Waals surface area contributed by atoms with Gasteiger partial charge in [-0.2, -0.15) is 0 Å². The molecule has 0 aromatic heterocycles. The number of benzene rings is 1. The third-order valence-corrected chi connectivity index (χ3v) is 3.01. The Balaban J connectivity index is 2.85. The van der Waals surface area contributed by atoms with Gasteiger partial charge in [-0.3, -0.25) is 4.79 Å². The summed E-state index contributed by atoms with van der Waals surface area (Å²) in [6.07, 6.45) is -0.245. The van der Waals surface area contributed by atoms with Crippen molar-refractivity contribution in [3.05, 3.63) is 35.1 Å². The van der Waals surface area contributed by atoms with E-state index in [1.807, 2.05) is 0 Å². The average Bonchev–Trinajstić information content (AvgIpc) is 2.38. The predicted octanol–water partition coefficient (Wildman–Crippen LogP) is 2.55. The van der Waals surface area contributed by atoms with Crippen molar-refractivity contribution in [2.75, 3.05) is 7.05 Å². The van der Waals surface area contributed by atoms with Crippen molar-refractivity contribution in [3.8, 4) is 0 Å². The molecular formula is C15H20FNO3. The van der Waals surface area contributed by atoms with Gasteiger partial charge in [0.2, 0.25) is 0 Å². The Kier molecular flexibility index (Phi) is 5.25. The minimum Gasteiger partial charge on any atom is -0.461 e. The number of amides is 1. The molecule has 110 valence electrons. The van der Waals surface area contributed by atoms with Crippen molar-refractivity contribution < 1.29 is 18.7 Å². The molecule has 0 aliphatic rings. The number of hydrogen-bond donors (Lipinski definition) is 0. The molecule has 0 N–H and O–H groups in total. The van der Waals surface area contributed by atoms with Gasteiger partial charge in [0.1, 0.15) is 11.9 Å². The van der Waals surface area contributed by atoms with E-state index in [0.29, 0.717) is 5.56 Å². The fourth-order valence-electron chi connectivity index (χ4n) is 1.59. The van der Waals surface area contributed by atoms with Crippen molar-refractivity contribution in [2.45, 2.75) is 39.8 Å². The molecule has 1 aromatic rings. The highest BCUT2D eigenvalue weighted by atomic mass is 19.1. The zero-order chi connectivity index (χ0) is 15.4. The number of nitrogens with zero attached hydrogens (tertiary/aromatic N) is 1. The number of carbonyl (C=O) groups excluding carboxylic acids is 2. The van der Waals surface area contributed by atoms with Crippen LogP contribution >= 0.6 is 0 Å². The number of carbonyl (C=O) groups is 2. The summed E-state index contributed by atoms with van der Waals surface area (Å²) in [5.41, 5.74) is 0.677. The number of likely N-dealkylation sites (N-methyl/N-ethyl adjacent to an activating group) is 1. The largest absolute Gasteiger partial charge is 0.461 e. The topological polar surface area (TPSA) is 46.6 Å². The first kappa shape index (κ1) is 16.1. The molecule has 0 bridgehead atoms. The molecule has 1 amide bonds. The van der Waals surface area contributed by atoms with Crippen LogP contribution in [0.4, 0.5) is 4.39 Å². The van der Waals surface area contributed by atoms with Crippen LogP contribution in [0.2, 0.25) is 0 Å². The first-order valence-corrected chi connectivity index (χ1v) is 6.47. The van der Waals surface area contributed by atoms with Crippen LogP contribution in [0.15, 0.2) is 18.2 Å². The Morgan fingerprint density at radius 2 is 1.85 bits per heavy atom. The average molecular weight is 281 g/mol. The molecule has 5 heteroatoms. The lowest BCUT2D eigenvalue weighted by molar-refractivity contribution is -0.151. The van der Waals surface area contributed by atoms with E-state index in [2.05, 4.69) is 0 Å². The summed E-state index contributed by atoms with van der Waals surface area (Å²) in [5.74, 6) is -1.35. The summed E-state index contributed by atoms with van der Waals surface area (Å²) < 4.78 is 18.5. The Labute approximate surface area is 118 Å². The van der Waals surface area contributed by atoms with Gasteiger partial charge in [-0.15, -0.1) is 0 Å². The Morgan fingerprint density at radius 1 is 1.25 bits per heavy atom. The van der Waals surface area contributed by atoms with Gasteiger partial charge in [-0.25, -0.2) is 9.18 Å².